The molecule has 0 saturated carbocycles. The van der Waals surface area contributed by atoms with Crippen LogP contribution in [0.1, 0.15) is 13.3 Å². The van der Waals surface area contributed by atoms with Gasteiger partial charge in [-0.05, 0) is 32.0 Å². The van der Waals surface area contributed by atoms with Crippen molar-refractivity contribution < 1.29 is 14.3 Å². The smallest absolute Gasteiger partial charge is 0.229 e. The van der Waals surface area contributed by atoms with Crippen LogP contribution < -0.4 is 10.6 Å². The van der Waals surface area contributed by atoms with Crippen molar-refractivity contribution in [2.24, 2.45) is 5.92 Å². The van der Waals surface area contributed by atoms with E-state index in [1.165, 1.54) is 12.1 Å². The Morgan fingerprint density at radius 1 is 1.59 bits per heavy atom. The number of nitrogens with one attached hydrogen (secondary N) is 2. The second-order valence-corrected chi connectivity index (χ2v) is 4.29. The van der Waals surface area contributed by atoms with Crippen LogP contribution in [0.25, 0.3) is 0 Å². The van der Waals surface area contributed by atoms with Gasteiger partial charge in [0.15, 0.2) is 11.6 Å². The van der Waals surface area contributed by atoms with Gasteiger partial charge >= 0.3 is 0 Å². The van der Waals surface area contributed by atoms with Gasteiger partial charge in [-0.15, -0.1) is 0 Å². The van der Waals surface area contributed by atoms with E-state index in [-0.39, 0.29) is 17.9 Å². The van der Waals surface area contributed by atoms with Crippen LogP contribution in [-0.2, 0) is 4.79 Å². The van der Waals surface area contributed by atoms with Gasteiger partial charge in [0.1, 0.15) is 0 Å². The summed E-state index contributed by atoms with van der Waals surface area (Å²) in [4.78, 5) is 11.9. The minimum Gasteiger partial charge on any atom is -0.505 e. The standard InChI is InChI=1S/C12H15FN2O2/c1-7-9(4-5-14-7)12(17)15-8-2-3-11(16)10(13)6-8/h2-3,6-7,9,14,16H,4-5H2,1H3,(H,15,17). The maximum atomic E-state index is 13.1. The van der Waals surface area contributed by atoms with E-state index in [1.807, 2.05) is 6.92 Å². The third-order valence-electron chi connectivity index (χ3n) is 3.08. The summed E-state index contributed by atoms with van der Waals surface area (Å²) in [6.45, 7) is 2.78. The largest absolute Gasteiger partial charge is 0.505 e. The molecule has 92 valence electrons. The lowest BCUT2D eigenvalue weighted by Gasteiger charge is -2.15. The van der Waals surface area contributed by atoms with E-state index in [4.69, 9.17) is 5.11 Å². The number of halogens is 1. The van der Waals surface area contributed by atoms with Gasteiger partial charge in [-0.25, -0.2) is 4.39 Å². The summed E-state index contributed by atoms with van der Waals surface area (Å²) in [5.41, 5.74) is 0.365. The number of amides is 1. The van der Waals surface area contributed by atoms with Crippen molar-refractivity contribution in [2.45, 2.75) is 19.4 Å². The average molecular weight is 238 g/mol. The van der Waals surface area contributed by atoms with E-state index < -0.39 is 11.6 Å². The van der Waals surface area contributed by atoms with Crippen molar-refractivity contribution in [3.63, 3.8) is 0 Å². The maximum Gasteiger partial charge on any atom is 0.229 e. The van der Waals surface area contributed by atoms with Crippen molar-refractivity contribution in [2.75, 3.05) is 11.9 Å². The summed E-state index contributed by atoms with van der Waals surface area (Å²) in [5, 5.41) is 14.9. The molecule has 1 aliphatic heterocycles. The normalized spacial score (nSPS) is 23.6. The summed E-state index contributed by atoms with van der Waals surface area (Å²) < 4.78 is 13.1. The lowest BCUT2D eigenvalue weighted by atomic mass is 10.0. The number of carbonyl (C=O) groups is 1. The number of carbonyl (C=O) groups excluding carboxylic acids is 1. The SMILES string of the molecule is CC1NCCC1C(=O)Nc1ccc(O)c(F)c1. The molecule has 2 atom stereocenters. The first-order chi connectivity index (χ1) is 8.08. The van der Waals surface area contributed by atoms with E-state index in [2.05, 4.69) is 10.6 Å². The molecule has 0 spiro atoms. The van der Waals surface area contributed by atoms with E-state index >= 15 is 0 Å². The number of anilines is 1. The molecule has 2 rings (SSSR count). The summed E-state index contributed by atoms with van der Waals surface area (Å²) in [6, 6.07) is 3.95. The number of benzene rings is 1. The molecule has 4 nitrogen and oxygen atoms in total. The number of phenolic OH excluding ortho intramolecular Hbond substituents is 1. The van der Waals surface area contributed by atoms with Crippen LogP contribution in [-0.4, -0.2) is 23.6 Å². The van der Waals surface area contributed by atoms with E-state index in [0.717, 1.165) is 19.0 Å². The van der Waals surface area contributed by atoms with Gasteiger partial charge in [-0.1, -0.05) is 0 Å². The highest BCUT2D eigenvalue weighted by atomic mass is 19.1. The molecule has 1 aromatic carbocycles. The van der Waals surface area contributed by atoms with Gasteiger partial charge in [0.2, 0.25) is 5.91 Å². The molecule has 3 N–H and O–H groups in total. The fourth-order valence-corrected chi connectivity index (χ4v) is 2.04. The highest BCUT2D eigenvalue weighted by Gasteiger charge is 2.29. The van der Waals surface area contributed by atoms with Crippen molar-refractivity contribution in [3.8, 4) is 5.75 Å². The quantitative estimate of drug-likeness (QED) is 0.684. The Bertz CT molecular complexity index is 437. The van der Waals surface area contributed by atoms with Crippen LogP contribution in [0.4, 0.5) is 10.1 Å². The minimum atomic E-state index is -0.736. The zero-order chi connectivity index (χ0) is 12.4. The van der Waals surface area contributed by atoms with Crippen molar-refractivity contribution in [3.05, 3.63) is 24.0 Å². The maximum absolute atomic E-state index is 13.1. The zero-order valence-electron chi connectivity index (χ0n) is 9.53. The molecule has 1 heterocycles. The molecule has 0 aliphatic carbocycles. The van der Waals surface area contributed by atoms with E-state index in [0.29, 0.717) is 5.69 Å². The number of hydrogen-bond donors (Lipinski definition) is 3. The third-order valence-corrected chi connectivity index (χ3v) is 3.08. The van der Waals surface area contributed by atoms with Crippen LogP contribution >= 0.6 is 0 Å². The summed E-state index contributed by atoms with van der Waals surface area (Å²) in [6.07, 6.45) is 0.785. The van der Waals surface area contributed by atoms with Crippen LogP contribution in [0, 0.1) is 11.7 Å². The number of hydrogen-bond acceptors (Lipinski definition) is 3. The monoisotopic (exact) mass is 238 g/mol. The Labute approximate surface area is 98.8 Å². The topological polar surface area (TPSA) is 61.4 Å². The molecule has 1 aromatic rings. The molecule has 0 aromatic heterocycles. The lowest BCUT2D eigenvalue weighted by molar-refractivity contribution is -0.120. The van der Waals surface area contributed by atoms with Crippen LogP contribution in [0.3, 0.4) is 0 Å². The molecule has 1 saturated heterocycles. The van der Waals surface area contributed by atoms with Gasteiger partial charge in [-0.2, -0.15) is 0 Å². The predicted octanol–water partition coefficient (Wildman–Crippen LogP) is 1.47. The Balaban J connectivity index is 2.05. The van der Waals surface area contributed by atoms with Crippen molar-refractivity contribution in [1.29, 1.82) is 0 Å². The summed E-state index contributed by atoms with van der Waals surface area (Å²) in [7, 11) is 0. The number of rotatable bonds is 2. The molecular weight excluding hydrogens is 223 g/mol. The van der Waals surface area contributed by atoms with Gasteiger partial charge in [0.25, 0.3) is 0 Å². The number of aromatic hydroxyl groups is 1. The highest BCUT2D eigenvalue weighted by molar-refractivity contribution is 5.93. The fraction of sp³-hybridized carbons (Fsp3) is 0.417. The fourth-order valence-electron chi connectivity index (χ4n) is 2.04. The first-order valence-electron chi connectivity index (χ1n) is 5.60. The Morgan fingerprint density at radius 2 is 2.35 bits per heavy atom. The molecule has 17 heavy (non-hydrogen) atoms. The predicted molar refractivity (Wildman–Crippen MR) is 62.3 cm³/mol. The van der Waals surface area contributed by atoms with Crippen LogP contribution in [0.2, 0.25) is 0 Å². The summed E-state index contributed by atoms with van der Waals surface area (Å²) >= 11 is 0. The van der Waals surface area contributed by atoms with E-state index in [1.54, 1.807) is 0 Å². The average Bonchev–Trinajstić information content (AvgIpc) is 2.70. The molecule has 5 heteroatoms. The van der Waals surface area contributed by atoms with Crippen LogP contribution in [0.15, 0.2) is 18.2 Å². The van der Waals surface area contributed by atoms with Gasteiger partial charge in [-0.3, -0.25) is 4.79 Å². The lowest BCUT2D eigenvalue weighted by Crippen LogP contribution is -2.32. The minimum absolute atomic E-state index is 0.0909. The van der Waals surface area contributed by atoms with Gasteiger partial charge < -0.3 is 15.7 Å². The number of phenols is 1. The van der Waals surface area contributed by atoms with Crippen molar-refractivity contribution >= 4 is 11.6 Å². The third kappa shape index (κ3) is 2.55. The molecule has 1 amide bonds. The summed E-state index contributed by atoms with van der Waals surface area (Å²) in [5.74, 6) is -1.36. The highest BCUT2D eigenvalue weighted by Crippen LogP contribution is 2.22. The molecule has 2 unspecified atom stereocenters. The molecule has 1 fully saturated rings. The molecular formula is C12H15FN2O2. The Kier molecular flexibility index (Phi) is 3.28. The molecule has 0 bridgehead atoms. The van der Waals surface area contributed by atoms with E-state index in [9.17, 15) is 9.18 Å². The second-order valence-electron chi connectivity index (χ2n) is 4.29. The first kappa shape index (κ1) is 11.9. The molecule has 0 radical (unpaired) electrons. The van der Waals surface area contributed by atoms with Crippen molar-refractivity contribution in [1.82, 2.24) is 5.32 Å². The first-order valence-corrected chi connectivity index (χ1v) is 5.60. The van der Waals surface area contributed by atoms with Gasteiger partial charge in [0, 0.05) is 17.8 Å². The Hall–Kier alpha value is -1.62. The zero-order valence-corrected chi connectivity index (χ0v) is 9.53. The van der Waals surface area contributed by atoms with Crippen LogP contribution in [0.5, 0.6) is 5.75 Å². The van der Waals surface area contributed by atoms with Gasteiger partial charge in [0.05, 0.1) is 5.92 Å². The molecule has 1 aliphatic rings. The second kappa shape index (κ2) is 4.71. The Morgan fingerprint density at radius 3 is 2.94 bits per heavy atom.